The minimum absolute atomic E-state index is 0.245. The van der Waals surface area contributed by atoms with Crippen molar-refractivity contribution in [2.75, 3.05) is 7.11 Å². The molecule has 0 heterocycles. The molecule has 44 heavy (non-hydrogen) atoms. The van der Waals surface area contributed by atoms with E-state index in [0.29, 0.717) is 10.8 Å². The van der Waals surface area contributed by atoms with Gasteiger partial charge in [0.05, 0.1) is 7.11 Å². The summed E-state index contributed by atoms with van der Waals surface area (Å²) in [5, 5.41) is 0. The number of esters is 1. The van der Waals surface area contributed by atoms with Crippen molar-refractivity contribution in [1.82, 2.24) is 0 Å². The molecule has 7 unspecified atom stereocenters. The Balaban J connectivity index is 0.000000528. The Hall–Kier alpha value is -2.35. The van der Waals surface area contributed by atoms with Gasteiger partial charge < -0.3 is 4.74 Å². The van der Waals surface area contributed by atoms with Gasteiger partial charge in [-0.2, -0.15) is 0 Å². The highest BCUT2D eigenvalue weighted by molar-refractivity contribution is 5.79. The van der Waals surface area contributed by atoms with Crippen LogP contribution in [0.25, 0.3) is 5.57 Å². The molecule has 4 saturated carbocycles. The molecule has 0 bridgehead atoms. The van der Waals surface area contributed by atoms with Crippen molar-refractivity contribution in [1.29, 1.82) is 0 Å². The van der Waals surface area contributed by atoms with Gasteiger partial charge in [-0.3, -0.25) is 4.79 Å². The van der Waals surface area contributed by atoms with Gasteiger partial charge in [0.1, 0.15) is 0 Å². The van der Waals surface area contributed by atoms with Gasteiger partial charge in [-0.15, -0.1) is 0 Å². The van der Waals surface area contributed by atoms with Crippen LogP contribution in [-0.4, -0.2) is 13.1 Å². The summed E-state index contributed by atoms with van der Waals surface area (Å²) in [5.74, 6) is 4.76. The standard InChI is InChI=1S/C35H46.C3H6O2.2C2H6/c1-34-24-10-9-16-28(34)19-21-31-32-22-20-29(35(32,2)25-23-33(31)34)17-11-18-30(26-12-5-3-6-13-26)27-14-7-4-8-15-27;1-3(4)5-2;2*1-2/h3-8,12-15,18,28-29,31-33H,9-11,16-17,19-25H2,1-2H3;1-2H3;2*1-2H3. The molecule has 2 aromatic rings. The molecule has 0 radical (unpaired) electrons. The first-order valence-electron chi connectivity index (χ1n) is 18.2. The van der Waals surface area contributed by atoms with Crippen molar-refractivity contribution in [3.8, 4) is 0 Å². The van der Waals surface area contributed by atoms with E-state index in [-0.39, 0.29) is 5.97 Å². The quantitative estimate of drug-likeness (QED) is 0.319. The van der Waals surface area contributed by atoms with Crippen LogP contribution in [0.2, 0.25) is 0 Å². The van der Waals surface area contributed by atoms with E-state index in [9.17, 15) is 4.79 Å². The first-order valence-corrected chi connectivity index (χ1v) is 18.2. The number of methoxy groups -OCH3 is 1. The number of hydrogen-bond acceptors (Lipinski definition) is 2. The lowest BCUT2D eigenvalue weighted by atomic mass is 9.45. The maximum Gasteiger partial charge on any atom is 0.302 e. The van der Waals surface area contributed by atoms with Crippen molar-refractivity contribution in [2.45, 2.75) is 126 Å². The molecule has 0 aliphatic heterocycles. The molecule has 2 heteroatoms. The predicted molar refractivity (Wildman–Crippen MR) is 189 cm³/mol. The molecule has 2 aromatic carbocycles. The Labute approximate surface area is 271 Å². The summed E-state index contributed by atoms with van der Waals surface area (Å²) in [7, 11) is 1.35. The third-order valence-electron chi connectivity index (χ3n) is 12.1. The van der Waals surface area contributed by atoms with Gasteiger partial charge >= 0.3 is 5.97 Å². The Bertz CT molecular complexity index is 1100. The highest BCUT2D eigenvalue weighted by Crippen LogP contribution is 2.67. The fourth-order valence-electron chi connectivity index (χ4n) is 9.94. The lowest BCUT2D eigenvalue weighted by Gasteiger charge is -2.60. The summed E-state index contributed by atoms with van der Waals surface area (Å²) in [6.07, 6.45) is 20.3. The number of allylic oxidation sites excluding steroid dienone is 1. The third-order valence-corrected chi connectivity index (χ3v) is 12.1. The minimum atomic E-state index is -0.245. The van der Waals surface area contributed by atoms with Gasteiger partial charge in [-0.1, -0.05) is 121 Å². The van der Waals surface area contributed by atoms with Crippen molar-refractivity contribution >= 4 is 11.5 Å². The SMILES string of the molecule is CC.CC.CC12CCCCC1CCC1C2CCC2(C)C(CCC=C(c3ccccc3)c3ccccc3)CCC12.COC(C)=O. The molecule has 4 fully saturated rings. The second kappa shape index (κ2) is 17.4. The molecule has 0 amide bonds. The van der Waals surface area contributed by atoms with Gasteiger partial charge in [-0.25, -0.2) is 0 Å². The van der Waals surface area contributed by atoms with Crippen LogP contribution in [0.1, 0.15) is 137 Å². The fourth-order valence-corrected chi connectivity index (χ4v) is 9.94. The zero-order chi connectivity index (χ0) is 32.2. The second-order valence-electron chi connectivity index (χ2n) is 13.8. The van der Waals surface area contributed by atoms with E-state index in [4.69, 9.17) is 0 Å². The predicted octanol–water partition coefficient (Wildman–Crippen LogP) is 12.2. The van der Waals surface area contributed by atoms with Crippen LogP contribution < -0.4 is 0 Å². The minimum Gasteiger partial charge on any atom is -0.469 e. The summed E-state index contributed by atoms with van der Waals surface area (Å²) in [6.45, 7) is 14.8. The number of carbonyl (C=O) groups excluding carboxylic acids is 1. The molecule has 2 nitrogen and oxygen atoms in total. The van der Waals surface area contributed by atoms with E-state index in [1.54, 1.807) is 6.42 Å². The summed E-state index contributed by atoms with van der Waals surface area (Å²) in [4.78, 5) is 9.59. The lowest BCUT2D eigenvalue weighted by molar-refractivity contribution is -0.137. The normalized spacial score (nSPS) is 31.4. The largest absolute Gasteiger partial charge is 0.469 e. The molecule has 4 aliphatic rings. The van der Waals surface area contributed by atoms with Gasteiger partial charge in [0.25, 0.3) is 0 Å². The Kier molecular flexibility index (Phi) is 14.3. The molecule has 0 aromatic heterocycles. The number of hydrogen-bond donors (Lipinski definition) is 0. The zero-order valence-corrected chi connectivity index (χ0v) is 29.5. The highest BCUT2D eigenvalue weighted by Gasteiger charge is 2.59. The van der Waals surface area contributed by atoms with Crippen LogP contribution in [0.3, 0.4) is 0 Å². The zero-order valence-electron chi connectivity index (χ0n) is 29.5. The van der Waals surface area contributed by atoms with Crippen molar-refractivity contribution in [3.63, 3.8) is 0 Å². The van der Waals surface area contributed by atoms with Crippen LogP contribution in [0, 0.1) is 40.4 Å². The van der Waals surface area contributed by atoms with E-state index >= 15 is 0 Å². The molecular formula is C42H64O2. The van der Waals surface area contributed by atoms with Gasteiger partial charge in [0.2, 0.25) is 0 Å². The van der Waals surface area contributed by atoms with Gasteiger partial charge in [0.15, 0.2) is 0 Å². The first kappa shape index (κ1) is 36.1. The van der Waals surface area contributed by atoms with Gasteiger partial charge in [-0.05, 0) is 121 Å². The number of fused-ring (bicyclic) bond motifs is 5. The number of carbonyl (C=O) groups is 1. The lowest BCUT2D eigenvalue weighted by Crippen LogP contribution is -2.52. The molecule has 0 spiro atoms. The van der Waals surface area contributed by atoms with E-state index in [1.807, 2.05) is 27.7 Å². The summed E-state index contributed by atoms with van der Waals surface area (Å²) >= 11 is 0. The van der Waals surface area contributed by atoms with Crippen molar-refractivity contribution in [2.24, 2.45) is 40.4 Å². The van der Waals surface area contributed by atoms with Crippen LogP contribution in [0.15, 0.2) is 66.7 Å². The smallest absolute Gasteiger partial charge is 0.302 e. The third kappa shape index (κ3) is 8.07. The van der Waals surface area contributed by atoms with E-state index in [0.717, 1.165) is 29.6 Å². The molecular weight excluding hydrogens is 536 g/mol. The molecule has 6 rings (SSSR count). The van der Waals surface area contributed by atoms with Crippen LogP contribution in [0.5, 0.6) is 0 Å². The second-order valence-corrected chi connectivity index (χ2v) is 13.8. The number of benzene rings is 2. The molecule has 244 valence electrons. The van der Waals surface area contributed by atoms with E-state index in [2.05, 4.69) is 85.3 Å². The summed E-state index contributed by atoms with van der Waals surface area (Å²) in [5.41, 5.74) is 5.38. The van der Waals surface area contributed by atoms with Crippen LogP contribution >= 0.6 is 0 Å². The molecule has 0 N–H and O–H groups in total. The molecule has 4 aliphatic carbocycles. The Morgan fingerprint density at radius 3 is 1.89 bits per heavy atom. The average molecular weight is 601 g/mol. The van der Waals surface area contributed by atoms with Crippen LogP contribution in [-0.2, 0) is 9.53 Å². The topological polar surface area (TPSA) is 26.3 Å². The summed E-state index contributed by atoms with van der Waals surface area (Å²) < 4.78 is 4.11. The fraction of sp³-hybridized carbons (Fsp3) is 0.643. The molecule has 0 saturated heterocycles. The number of rotatable bonds is 5. The maximum atomic E-state index is 9.59. The van der Waals surface area contributed by atoms with E-state index in [1.165, 1.54) is 101 Å². The van der Waals surface area contributed by atoms with Crippen molar-refractivity contribution in [3.05, 3.63) is 77.9 Å². The number of ether oxygens (including phenoxy) is 1. The molecule has 7 atom stereocenters. The average Bonchev–Trinajstić information content (AvgIpc) is 3.41. The van der Waals surface area contributed by atoms with Crippen LogP contribution in [0.4, 0.5) is 0 Å². The van der Waals surface area contributed by atoms with Gasteiger partial charge in [0, 0.05) is 6.92 Å². The maximum absolute atomic E-state index is 9.59. The Morgan fingerprint density at radius 1 is 0.750 bits per heavy atom. The Morgan fingerprint density at radius 2 is 1.32 bits per heavy atom. The highest BCUT2D eigenvalue weighted by atomic mass is 16.5. The van der Waals surface area contributed by atoms with Crippen molar-refractivity contribution < 1.29 is 9.53 Å². The van der Waals surface area contributed by atoms with E-state index < -0.39 is 0 Å². The monoisotopic (exact) mass is 600 g/mol. The summed E-state index contributed by atoms with van der Waals surface area (Å²) in [6, 6.07) is 22.0. The first-order chi connectivity index (χ1) is 21.4.